The lowest BCUT2D eigenvalue weighted by Gasteiger charge is -2.30. The van der Waals surface area contributed by atoms with E-state index in [1.54, 1.807) is 0 Å². The van der Waals surface area contributed by atoms with Crippen molar-refractivity contribution in [3.05, 3.63) is 34.4 Å². The first-order valence-electron chi connectivity index (χ1n) is 8.16. The van der Waals surface area contributed by atoms with Gasteiger partial charge >= 0.3 is 15.1 Å². The topological polar surface area (TPSA) is 71.4 Å². The molecule has 0 aliphatic rings. The average Bonchev–Trinajstić information content (AvgIpc) is 2.44. The fourth-order valence-corrected chi connectivity index (χ4v) is 3.47. The Hall–Kier alpha value is -1.54. The number of carbonyl (C=O) groups excluding carboxylic acids is 1. The Morgan fingerprint density at radius 2 is 1.25 bits per heavy atom. The number of carboxylic acids is 1. The van der Waals surface area contributed by atoms with Gasteiger partial charge in [-0.1, -0.05) is 50.0 Å². The Bertz CT molecular complexity index is 570. The van der Waals surface area contributed by atoms with Crippen LogP contribution in [0.4, 0.5) is 0 Å². The third-order valence-electron chi connectivity index (χ3n) is 4.33. The van der Waals surface area contributed by atoms with E-state index in [0.717, 1.165) is 16.7 Å². The van der Waals surface area contributed by atoms with E-state index in [1.165, 1.54) is 9.12 Å². The number of hydrogen-bond acceptors (Lipinski definition) is 3. The van der Waals surface area contributed by atoms with Crippen LogP contribution >= 0.6 is 9.12 Å². The molecule has 0 aliphatic heterocycles. The summed E-state index contributed by atoms with van der Waals surface area (Å²) in [4.78, 5) is 24.8. The van der Waals surface area contributed by atoms with Crippen LogP contribution in [0.15, 0.2) is 12.1 Å². The number of carbonyl (C=O) groups is 2. The Kier molecular flexibility index (Phi) is 9.06. The van der Waals surface area contributed by atoms with E-state index in [0.29, 0.717) is 5.56 Å². The summed E-state index contributed by atoms with van der Waals surface area (Å²) in [6.45, 7) is 13.5. The number of benzene rings is 1. The fourth-order valence-electron chi connectivity index (χ4n) is 3.47. The second-order valence-electron chi connectivity index (χ2n) is 7.02. The van der Waals surface area contributed by atoms with Crippen molar-refractivity contribution < 1.29 is 19.3 Å². The summed E-state index contributed by atoms with van der Waals surface area (Å²) in [5, 5.41) is 9.59. The van der Waals surface area contributed by atoms with Gasteiger partial charge in [-0.05, 0) is 43.7 Å². The molecule has 3 unspecified atom stereocenters. The molecular weight excluding hydrogens is 323 g/mol. The van der Waals surface area contributed by atoms with E-state index in [1.807, 2.05) is 60.6 Å². The van der Waals surface area contributed by atoms with Crippen molar-refractivity contribution in [1.29, 1.82) is 0 Å². The van der Waals surface area contributed by atoms with E-state index >= 15 is 0 Å². The molecule has 0 aromatic heterocycles. The maximum atomic E-state index is 13.1. The fraction of sp³-hybridized carbons (Fsp3) is 0.579. The van der Waals surface area contributed by atoms with Gasteiger partial charge < -0.3 is 5.11 Å². The molecule has 24 heavy (non-hydrogen) atoms. The first kappa shape index (κ1) is 22.5. The van der Waals surface area contributed by atoms with Gasteiger partial charge in [0.2, 0.25) is 0 Å². The van der Waals surface area contributed by atoms with Crippen LogP contribution in [-0.2, 0) is 9.36 Å². The minimum Gasteiger partial charge on any atom is -0.481 e. The normalized spacial score (nSPS) is 13.2. The standard InChI is InChI=1S/C19H28O3.H2OP/c1-10(2)15(16(11(3)4)19(21)22)18(20)17-13(6)8-12(5)9-14(17)7;1-2/h8-11,15-16H,1-7H3,(H,21,22);2H2/q;+1. The summed E-state index contributed by atoms with van der Waals surface area (Å²) in [7, 11) is 1.17. The number of rotatable bonds is 6. The van der Waals surface area contributed by atoms with Gasteiger partial charge in [0, 0.05) is 11.5 Å². The molecule has 4 nitrogen and oxygen atoms in total. The van der Waals surface area contributed by atoms with Crippen LogP contribution in [0.2, 0.25) is 0 Å². The zero-order chi connectivity index (χ0) is 19.2. The Balaban J connectivity index is 0.00000254. The summed E-state index contributed by atoms with van der Waals surface area (Å²) in [5.41, 5.74) is 3.67. The van der Waals surface area contributed by atoms with E-state index in [-0.39, 0.29) is 17.6 Å². The second kappa shape index (κ2) is 9.68. The first-order chi connectivity index (χ1) is 11.1. The van der Waals surface area contributed by atoms with Crippen LogP contribution < -0.4 is 0 Å². The molecule has 0 amide bonds. The Labute approximate surface area is 147 Å². The van der Waals surface area contributed by atoms with E-state index in [4.69, 9.17) is 4.57 Å². The van der Waals surface area contributed by atoms with Gasteiger partial charge in [0.05, 0.1) is 5.92 Å². The maximum absolute atomic E-state index is 13.1. The molecule has 0 spiro atoms. The van der Waals surface area contributed by atoms with Gasteiger partial charge in [0.25, 0.3) is 0 Å². The number of carboxylic acid groups (broad SMARTS) is 1. The average molecular weight is 353 g/mol. The lowest BCUT2D eigenvalue weighted by molar-refractivity contribution is -0.145. The minimum absolute atomic E-state index is 0.0175. The highest BCUT2D eigenvalue weighted by Gasteiger charge is 2.39. The van der Waals surface area contributed by atoms with Crippen LogP contribution in [-0.4, -0.2) is 16.9 Å². The van der Waals surface area contributed by atoms with E-state index < -0.39 is 17.8 Å². The lowest BCUT2D eigenvalue weighted by atomic mass is 9.72. The third kappa shape index (κ3) is 5.24. The lowest BCUT2D eigenvalue weighted by Crippen LogP contribution is -2.37. The molecule has 0 heterocycles. The molecule has 1 aromatic rings. The van der Waals surface area contributed by atoms with Crippen LogP contribution in [0, 0.1) is 44.4 Å². The van der Waals surface area contributed by atoms with Crippen molar-refractivity contribution in [2.75, 3.05) is 0 Å². The summed E-state index contributed by atoms with van der Waals surface area (Å²) >= 11 is 0. The van der Waals surface area contributed by atoms with Crippen molar-refractivity contribution in [2.45, 2.75) is 48.5 Å². The molecule has 1 rings (SSSR count). The predicted octanol–water partition coefficient (Wildman–Crippen LogP) is 4.63. The quantitative estimate of drug-likeness (QED) is 0.598. The number of ketones is 1. The molecule has 0 saturated carbocycles. The number of Topliss-reactive ketones (excluding diaryl/α,β-unsaturated/α-hetero) is 1. The molecular formula is C19H30O4P+. The highest BCUT2D eigenvalue weighted by atomic mass is 31.0. The van der Waals surface area contributed by atoms with Crippen molar-refractivity contribution in [3.63, 3.8) is 0 Å². The molecule has 0 radical (unpaired) electrons. The first-order valence-corrected chi connectivity index (χ1v) is 8.63. The van der Waals surface area contributed by atoms with Gasteiger partial charge in [-0.3, -0.25) is 9.59 Å². The van der Waals surface area contributed by atoms with Crippen LogP contribution in [0.1, 0.15) is 54.7 Å². The molecule has 3 atom stereocenters. The zero-order valence-electron chi connectivity index (χ0n) is 15.7. The van der Waals surface area contributed by atoms with Crippen LogP contribution in [0.25, 0.3) is 0 Å². The highest BCUT2D eigenvalue weighted by Crippen LogP contribution is 2.33. The number of hydrogen-bond donors (Lipinski definition) is 1. The molecule has 134 valence electrons. The monoisotopic (exact) mass is 353 g/mol. The van der Waals surface area contributed by atoms with Crippen molar-refractivity contribution in [2.24, 2.45) is 23.7 Å². The van der Waals surface area contributed by atoms with Gasteiger partial charge in [-0.15, -0.1) is 0 Å². The summed E-state index contributed by atoms with van der Waals surface area (Å²) in [6.07, 6.45) is 0. The van der Waals surface area contributed by atoms with E-state index in [9.17, 15) is 14.7 Å². The molecule has 5 heteroatoms. The molecule has 0 aliphatic carbocycles. The van der Waals surface area contributed by atoms with Crippen molar-refractivity contribution in [1.82, 2.24) is 0 Å². The summed E-state index contributed by atoms with van der Waals surface area (Å²) < 4.78 is 8.17. The Morgan fingerprint density at radius 1 is 0.875 bits per heavy atom. The van der Waals surface area contributed by atoms with Gasteiger partial charge in [-0.25, -0.2) is 0 Å². The molecule has 0 bridgehead atoms. The van der Waals surface area contributed by atoms with Crippen LogP contribution in [0.3, 0.4) is 0 Å². The molecule has 0 fully saturated rings. The number of aryl methyl sites for hydroxylation is 3. The molecule has 0 saturated heterocycles. The predicted molar refractivity (Wildman–Crippen MR) is 99.7 cm³/mol. The van der Waals surface area contributed by atoms with Gasteiger partial charge in [0.1, 0.15) is 0 Å². The maximum Gasteiger partial charge on any atom is 0.310 e. The highest BCUT2D eigenvalue weighted by molar-refractivity contribution is 7.00. The van der Waals surface area contributed by atoms with Crippen molar-refractivity contribution >= 4 is 20.9 Å². The SMILES string of the molecule is Cc1cc(C)c(C(=O)C(C(C)C)C(C(=O)O)C(C)C)c(C)c1.O=[PH2+]. The van der Waals surface area contributed by atoms with E-state index in [2.05, 4.69) is 0 Å². The number of aliphatic carboxylic acids is 1. The zero-order valence-corrected chi connectivity index (χ0v) is 16.9. The van der Waals surface area contributed by atoms with Gasteiger partial charge in [0.15, 0.2) is 5.78 Å². The smallest absolute Gasteiger partial charge is 0.310 e. The third-order valence-corrected chi connectivity index (χ3v) is 4.33. The minimum atomic E-state index is -0.885. The van der Waals surface area contributed by atoms with Crippen molar-refractivity contribution in [3.8, 4) is 0 Å². The van der Waals surface area contributed by atoms with Gasteiger partial charge in [-0.2, -0.15) is 0 Å². The van der Waals surface area contributed by atoms with Crippen LogP contribution in [0.5, 0.6) is 0 Å². The molecule has 1 aromatic carbocycles. The summed E-state index contributed by atoms with van der Waals surface area (Å²) in [5.74, 6) is -2.18. The Morgan fingerprint density at radius 3 is 1.54 bits per heavy atom. The summed E-state index contributed by atoms with van der Waals surface area (Å²) in [6, 6.07) is 3.98. The molecule has 1 N–H and O–H groups in total. The largest absolute Gasteiger partial charge is 0.481 e. The second-order valence-corrected chi connectivity index (χ2v) is 7.02.